The number of hydrogen-bond acceptors (Lipinski definition) is 3. The van der Waals surface area contributed by atoms with Crippen LogP contribution in [-0.2, 0) is 0 Å². The molecule has 0 unspecified atom stereocenters. The van der Waals surface area contributed by atoms with Gasteiger partial charge in [-0.15, -0.1) is 0 Å². The van der Waals surface area contributed by atoms with Gasteiger partial charge in [-0.05, 0) is 139 Å². The molecule has 326 valence electrons. The van der Waals surface area contributed by atoms with E-state index in [0.717, 1.165) is 61.4 Å². The summed E-state index contributed by atoms with van der Waals surface area (Å²) in [5.74, 6) is 0. The zero-order valence-electron chi connectivity index (χ0n) is 38.2. The van der Waals surface area contributed by atoms with Gasteiger partial charge in [0.15, 0.2) is 0 Å². The van der Waals surface area contributed by atoms with Gasteiger partial charge in [-0.3, -0.25) is 0 Å². The molecule has 70 heavy (non-hydrogen) atoms. The highest BCUT2D eigenvalue weighted by Gasteiger charge is 2.44. The Labute approximate surface area is 407 Å². The maximum absolute atomic E-state index is 6.31. The van der Waals surface area contributed by atoms with E-state index in [4.69, 9.17) is 4.42 Å². The van der Waals surface area contributed by atoms with Gasteiger partial charge in [-0.1, -0.05) is 194 Å². The molecular weight excluding hydrogens is 848 g/mol. The molecule has 2 aliphatic heterocycles. The number of furan rings is 1. The first-order chi connectivity index (χ1) is 34.7. The van der Waals surface area contributed by atoms with Crippen LogP contribution in [0.1, 0.15) is 0 Å². The fourth-order valence-electron chi connectivity index (χ4n) is 11.1. The quantitative estimate of drug-likeness (QED) is 0.149. The molecule has 0 saturated heterocycles. The van der Waals surface area contributed by atoms with E-state index in [1.54, 1.807) is 0 Å². The molecule has 2 aliphatic rings. The summed E-state index contributed by atoms with van der Waals surface area (Å²) < 4.78 is 6.31. The van der Waals surface area contributed by atoms with Crippen LogP contribution in [0.4, 0.5) is 34.1 Å². The average molecular weight is 891 g/mol. The third kappa shape index (κ3) is 6.60. The van der Waals surface area contributed by atoms with Crippen molar-refractivity contribution in [3.8, 4) is 55.6 Å². The molecule has 12 aromatic rings. The van der Waals surface area contributed by atoms with Gasteiger partial charge in [0.2, 0.25) is 0 Å². The summed E-state index contributed by atoms with van der Waals surface area (Å²) in [5, 5.41) is 2.24. The topological polar surface area (TPSA) is 19.6 Å². The second-order valence-electron chi connectivity index (χ2n) is 18.4. The molecule has 3 heterocycles. The Morgan fingerprint density at radius 3 is 1.27 bits per heavy atom. The van der Waals surface area contributed by atoms with Gasteiger partial charge in [0.25, 0.3) is 6.71 Å². The van der Waals surface area contributed by atoms with Crippen molar-refractivity contribution in [3.05, 3.63) is 261 Å². The summed E-state index contributed by atoms with van der Waals surface area (Å²) in [4.78, 5) is 5.05. The second kappa shape index (κ2) is 16.3. The minimum Gasteiger partial charge on any atom is -0.456 e. The van der Waals surface area contributed by atoms with Crippen molar-refractivity contribution in [1.29, 1.82) is 0 Å². The van der Waals surface area contributed by atoms with Gasteiger partial charge in [0.1, 0.15) is 11.2 Å². The lowest BCUT2D eigenvalue weighted by molar-refractivity contribution is 0.669. The van der Waals surface area contributed by atoms with Crippen LogP contribution in [0.5, 0.6) is 0 Å². The third-order valence-electron chi connectivity index (χ3n) is 14.5. The molecule has 4 heteroatoms. The lowest BCUT2D eigenvalue weighted by Gasteiger charge is -2.44. The summed E-state index contributed by atoms with van der Waals surface area (Å²) in [6.07, 6.45) is 0. The van der Waals surface area contributed by atoms with Crippen LogP contribution in [0.15, 0.2) is 265 Å². The van der Waals surface area contributed by atoms with E-state index in [9.17, 15) is 0 Å². The van der Waals surface area contributed by atoms with Crippen molar-refractivity contribution in [2.24, 2.45) is 0 Å². The van der Waals surface area contributed by atoms with Crippen molar-refractivity contribution in [3.63, 3.8) is 0 Å². The highest BCUT2D eigenvalue weighted by atomic mass is 16.3. The summed E-state index contributed by atoms with van der Waals surface area (Å²) in [5.41, 5.74) is 24.3. The van der Waals surface area contributed by atoms with Crippen LogP contribution in [0, 0.1) is 0 Å². The fourth-order valence-corrected chi connectivity index (χ4v) is 11.1. The number of anilines is 6. The molecule has 0 N–H and O–H groups in total. The van der Waals surface area contributed by atoms with E-state index in [1.807, 2.05) is 6.07 Å². The molecule has 0 amide bonds. The molecular formula is C66H43BN2O. The van der Waals surface area contributed by atoms with E-state index in [2.05, 4.69) is 265 Å². The van der Waals surface area contributed by atoms with Crippen molar-refractivity contribution >= 4 is 79.2 Å². The lowest BCUT2D eigenvalue weighted by Crippen LogP contribution is -2.61. The smallest absolute Gasteiger partial charge is 0.252 e. The average Bonchev–Trinajstić information content (AvgIpc) is 3.82. The van der Waals surface area contributed by atoms with Crippen molar-refractivity contribution in [1.82, 2.24) is 0 Å². The normalized spacial score (nSPS) is 12.5. The number of nitrogens with zero attached hydrogens (tertiary/aromatic N) is 2. The molecule has 3 nitrogen and oxygen atoms in total. The summed E-state index contributed by atoms with van der Waals surface area (Å²) in [6, 6.07) is 95.4. The Balaban J connectivity index is 1.04. The molecule has 14 rings (SSSR count). The minimum atomic E-state index is -0.0717. The molecule has 1 aromatic heterocycles. The zero-order valence-corrected chi connectivity index (χ0v) is 38.2. The minimum absolute atomic E-state index is 0.0717. The first kappa shape index (κ1) is 40.0. The van der Waals surface area contributed by atoms with Gasteiger partial charge < -0.3 is 14.2 Å². The predicted molar refractivity (Wildman–Crippen MR) is 295 cm³/mol. The van der Waals surface area contributed by atoms with Crippen LogP contribution < -0.4 is 26.2 Å². The third-order valence-corrected chi connectivity index (χ3v) is 14.5. The second-order valence-corrected chi connectivity index (χ2v) is 18.4. The predicted octanol–water partition coefficient (Wildman–Crippen LogP) is 16.0. The Morgan fingerprint density at radius 2 is 0.671 bits per heavy atom. The molecule has 0 bridgehead atoms. The molecule has 0 radical (unpaired) electrons. The highest BCUT2D eigenvalue weighted by molar-refractivity contribution is 7.00. The summed E-state index contributed by atoms with van der Waals surface area (Å²) >= 11 is 0. The first-order valence-corrected chi connectivity index (χ1v) is 24.1. The number of rotatable bonds is 7. The Kier molecular flexibility index (Phi) is 9.31. The molecule has 0 saturated carbocycles. The maximum Gasteiger partial charge on any atom is 0.252 e. The molecule has 11 aromatic carbocycles. The van der Waals surface area contributed by atoms with Gasteiger partial charge in [0, 0.05) is 44.9 Å². The fraction of sp³-hybridized carbons (Fsp3) is 0. The summed E-state index contributed by atoms with van der Waals surface area (Å²) in [6.45, 7) is -0.0717. The van der Waals surface area contributed by atoms with Crippen molar-refractivity contribution in [2.75, 3.05) is 9.80 Å². The molecule has 0 atom stereocenters. The summed E-state index contributed by atoms with van der Waals surface area (Å²) in [7, 11) is 0. The highest BCUT2D eigenvalue weighted by Crippen LogP contribution is 2.48. The SMILES string of the molecule is c1ccc(-c2ccc(N3c4ccc(-c5ccccc5)cc4B4c5ccc(-c6ccc7oc8ccccc8c7c6)cc5N(c5ccc(-c6ccccc6)cc5)c5cc(-c6ccccc6)cc3c54)cc2)cc1. The lowest BCUT2D eigenvalue weighted by atomic mass is 9.33. The largest absolute Gasteiger partial charge is 0.456 e. The van der Waals surface area contributed by atoms with Crippen LogP contribution >= 0.6 is 0 Å². The van der Waals surface area contributed by atoms with Gasteiger partial charge in [-0.25, -0.2) is 0 Å². The van der Waals surface area contributed by atoms with Crippen LogP contribution in [0.2, 0.25) is 0 Å². The van der Waals surface area contributed by atoms with Crippen LogP contribution in [0.3, 0.4) is 0 Å². The monoisotopic (exact) mass is 890 g/mol. The van der Waals surface area contributed by atoms with E-state index < -0.39 is 0 Å². The number of benzene rings is 11. The van der Waals surface area contributed by atoms with E-state index >= 15 is 0 Å². The van der Waals surface area contributed by atoms with Crippen LogP contribution in [0.25, 0.3) is 77.6 Å². The van der Waals surface area contributed by atoms with Gasteiger partial charge >= 0.3 is 0 Å². The van der Waals surface area contributed by atoms with Gasteiger partial charge in [0.05, 0.1) is 0 Å². The Morgan fingerprint density at radius 1 is 0.257 bits per heavy atom. The Bertz CT molecular complexity index is 3930. The molecule has 0 spiro atoms. The first-order valence-electron chi connectivity index (χ1n) is 24.1. The molecule has 0 fully saturated rings. The van der Waals surface area contributed by atoms with Gasteiger partial charge in [-0.2, -0.15) is 0 Å². The maximum atomic E-state index is 6.31. The van der Waals surface area contributed by atoms with Crippen molar-refractivity contribution in [2.45, 2.75) is 0 Å². The Hall–Kier alpha value is -9.12. The van der Waals surface area contributed by atoms with E-state index in [1.165, 1.54) is 66.7 Å². The zero-order chi connectivity index (χ0) is 46.1. The number of hydrogen-bond donors (Lipinski definition) is 0. The number of fused-ring (bicyclic) bond motifs is 7. The number of para-hydroxylation sites is 1. The standard InChI is InChI=1S/C66H43BN2O/c1-5-15-44(16-6-1)48-25-32-54(33-26-48)68-60-37-30-51(46-19-9-3-10-20-46)40-59(60)67-58-36-29-52(50-31-38-65-57(39-50)56-23-13-14-24-64(56)70-65)41-61(58)69(55-34-27-49(28-35-55)45-17-7-2-8-18-45)63-43-53(42-62(68)66(63)67)47-21-11-4-12-22-47/h1-43H. The molecule has 0 aliphatic carbocycles. The van der Waals surface area contributed by atoms with Crippen molar-refractivity contribution < 1.29 is 4.42 Å². The van der Waals surface area contributed by atoms with Crippen LogP contribution in [-0.4, -0.2) is 6.71 Å². The van der Waals surface area contributed by atoms with E-state index in [-0.39, 0.29) is 6.71 Å². The van der Waals surface area contributed by atoms with E-state index in [0.29, 0.717) is 0 Å².